The van der Waals surface area contributed by atoms with Crippen LogP contribution in [-0.2, 0) is 22.8 Å². The number of non-ortho nitro benzene ring substituents is 1. The summed E-state index contributed by atoms with van der Waals surface area (Å²) in [5.41, 5.74) is 2.04. The summed E-state index contributed by atoms with van der Waals surface area (Å²) in [4.78, 5) is 49.9. The highest BCUT2D eigenvalue weighted by Gasteiger charge is 2.36. The minimum Gasteiger partial charge on any atom is -0.493 e. The number of carbonyl (C=O) groups excluding carboxylic acids is 3. The number of nitro benzene ring substituents is 1. The van der Waals surface area contributed by atoms with Crippen molar-refractivity contribution in [1.82, 2.24) is 5.32 Å². The summed E-state index contributed by atoms with van der Waals surface area (Å²) in [6.07, 6.45) is 1.35. The Morgan fingerprint density at radius 1 is 0.841 bits per heavy atom. The summed E-state index contributed by atoms with van der Waals surface area (Å²) in [6.45, 7) is 0.420. The van der Waals surface area contributed by atoms with E-state index in [1.807, 2.05) is 12.1 Å². The summed E-state index contributed by atoms with van der Waals surface area (Å²) in [5.74, 6) is -0.416. The van der Waals surface area contributed by atoms with Crippen molar-refractivity contribution in [2.75, 3.05) is 12.0 Å². The maximum absolute atomic E-state index is 13.4. The fraction of sp³-hybridized carbons (Fsp3) is 0.0938. The number of nitrogens with zero attached hydrogens (tertiary/aromatic N) is 2. The highest BCUT2D eigenvalue weighted by molar-refractivity contribution is 6.39. The second-order valence-corrected chi connectivity index (χ2v) is 9.93. The van der Waals surface area contributed by atoms with Crippen LogP contribution in [0.2, 0.25) is 5.02 Å². The Labute approximate surface area is 256 Å². The topological polar surface area (TPSA) is 137 Å². The van der Waals surface area contributed by atoms with Gasteiger partial charge in [0.1, 0.15) is 24.5 Å². The molecule has 1 aliphatic rings. The molecule has 4 aromatic carbocycles. The smallest absolute Gasteiger partial charge is 0.335 e. The van der Waals surface area contributed by atoms with Crippen molar-refractivity contribution in [1.29, 1.82) is 0 Å². The molecular weight excluding hydrogens is 590 g/mol. The number of urea groups is 1. The number of methoxy groups -OCH3 is 1. The van der Waals surface area contributed by atoms with E-state index in [4.69, 9.17) is 25.8 Å². The lowest BCUT2D eigenvalue weighted by Gasteiger charge is -2.26. The van der Waals surface area contributed by atoms with Crippen LogP contribution in [0.4, 0.5) is 16.2 Å². The minimum absolute atomic E-state index is 0.0263. The van der Waals surface area contributed by atoms with Crippen molar-refractivity contribution >= 4 is 46.9 Å². The molecule has 0 spiro atoms. The van der Waals surface area contributed by atoms with E-state index >= 15 is 0 Å². The van der Waals surface area contributed by atoms with Crippen LogP contribution >= 0.6 is 11.6 Å². The van der Waals surface area contributed by atoms with Crippen molar-refractivity contribution in [3.8, 4) is 17.2 Å². The number of ether oxygens (including phenoxy) is 3. The molecule has 4 aromatic rings. The van der Waals surface area contributed by atoms with Gasteiger partial charge in [-0.05, 0) is 83.4 Å². The average Bonchev–Trinajstić information content (AvgIpc) is 3.02. The van der Waals surface area contributed by atoms with Crippen LogP contribution in [0.1, 0.15) is 16.7 Å². The molecule has 0 bridgehead atoms. The van der Waals surface area contributed by atoms with Crippen LogP contribution in [-0.4, -0.2) is 29.9 Å². The zero-order chi connectivity index (χ0) is 31.2. The summed E-state index contributed by atoms with van der Waals surface area (Å²) in [6, 6.07) is 23.4. The summed E-state index contributed by atoms with van der Waals surface area (Å²) < 4.78 is 17.0. The highest BCUT2D eigenvalue weighted by Crippen LogP contribution is 2.31. The van der Waals surface area contributed by atoms with Gasteiger partial charge in [-0.15, -0.1) is 0 Å². The van der Waals surface area contributed by atoms with Gasteiger partial charge in [0, 0.05) is 17.2 Å². The van der Waals surface area contributed by atoms with Gasteiger partial charge in [0.05, 0.1) is 17.7 Å². The number of halogens is 1. The van der Waals surface area contributed by atoms with Crippen molar-refractivity contribution < 1.29 is 33.5 Å². The Morgan fingerprint density at radius 3 is 2.11 bits per heavy atom. The quantitative estimate of drug-likeness (QED) is 0.0983. The van der Waals surface area contributed by atoms with E-state index in [1.54, 1.807) is 66.7 Å². The first-order valence-corrected chi connectivity index (χ1v) is 13.5. The van der Waals surface area contributed by atoms with Gasteiger partial charge in [-0.25, -0.2) is 9.69 Å². The lowest BCUT2D eigenvalue weighted by Crippen LogP contribution is -2.54. The standard InChI is InChI=1S/C32H24ClN3O8/c1-42-29-17-22(6-15-28(29)44-19-21-4-9-25(10-5-21)36(40)41)16-27-30(37)34-32(39)35(31(27)38)24-11-13-26(14-12-24)43-18-20-2-7-23(33)8-3-20/h2-17H,18-19H2,1H3,(H,34,37,39)/b27-16+. The molecule has 0 aromatic heterocycles. The minimum atomic E-state index is -0.875. The molecule has 1 N–H and O–H groups in total. The maximum atomic E-state index is 13.4. The fourth-order valence-corrected chi connectivity index (χ4v) is 4.39. The van der Waals surface area contributed by atoms with Crippen molar-refractivity contribution in [2.45, 2.75) is 13.2 Å². The van der Waals surface area contributed by atoms with Crippen LogP contribution in [0.15, 0.2) is 96.6 Å². The van der Waals surface area contributed by atoms with E-state index < -0.39 is 22.8 Å². The van der Waals surface area contributed by atoms with E-state index in [9.17, 15) is 24.5 Å². The zero-order valence-electron chi connectivity index (χ0n) is 23.2. The van der Waals surface area contributed by atoms with Crippen LogP contribution < -0.4 is 24.4 Å². The Hall–Kier alpha value is -5.68. The molecule has 0 atom stereocenters. The Balaban J connectivity index is 1.29. The number of benzene rings is 4. The summed E-state index contributed by atoms with van der Waals surface area (Å²) in [7, 11) is 1.44. The van der Waals surface area contributed by atoms with E-state index in [1.165, 1.54) is 25.3 Å². The second kappa shape index (κ2) is 13.1. The van der Waals surface area contributed by atoms with Gasteiger partial charge in [-0.3, -0.25) is 25.0 Å². The number of carbonyl (C=O) groups is 3. The van der Waals surface area contributed by atoms with Crippen molar-refractivity contribution in [3.63, 3.8) is 0 Å². The van der Waals surface area contributed by atoms with Gasteiger partial charge in [-0.2, -0.15) is 0 Å². The number of barbiturate groups is 1. The zero-order valence-corrected chi connectivity index (χ0v) is 23.9. The molecule has 44 heavy (non-hydrogen) atoms. The molecule has 0 unspecified atom stereocenters. The van der Waals surface area contributed by atoms with Crippen molar-refractivity contribution in [2.24, 2.45) is 0 Å². The first-order valence-electron chi connectivity index (χ1n) is 13.1. The summed E-state index contributed by atoms with van der Waals surface area (Å²) in [5, 5.41) is 13.7. The van der Waals surface area contributed by atoms with Crippen LogP contribution in [0, 0.1) is 10.1 Å². The number of imide groups is 2. The lowest BCUT2D eigenvalue weighted by atomic mass is 10.1. The molecule has 4 amide bonds. The van der Waals surface area contributed by atoms with E-state index in [2.05, 4.69) is 5.32 Å². The average molecular weight is 614 g/mol. The monoisotopic (exact) mass is 613 g/mol. The van der Waals surface area contributed by atoms with Crippen LogP contribution in [0.5, 0.6) is 17.2 Å². The number of amides is 4. The van der Waals surface area contributed by atoms with Gasteiger partial charge in [0.25, 0.3) is 17.5 Å². The molecule has 0 radical (unpaired) electrons. The predicted octanol–water partition coefficient (Wildman–Crippen LogP) is 6.08. The van der Waals surface area contributed by atoms with Crippen molar-refractivity contribution in [3.05, 3.63) is 128 Å². The first kappa shape index (κ1) is 29.8. The summed E-state index contributed by atoms with van der Waals surface area (Å²) >= 11 is 5.91. The van der Waals surface area contributed by atoms with Crippen LogP contribution in [0.25, 0.3) is 6.08 Å². The third kappa shape index (κ3) is 6.85. The molecule has 1 fully saturated rings. The molecule has 0 saturated carbocycles. The molecule has 1 heterocycles. The molecule has 1 aliphatic heterocycles. The third-order valence-electron chi connectivity index (χ3n) is 6.56. The molecule has 0 aliphatic carbocycles. The lowest BCUT2D eigenvalue weighted by molar-refractivity contribution is -0.384. The van der Waals surface area contributed by atoms with Gasteiger partial charge in [0.2, 0.25) is 0 Å². The molecule has 1 saturated heterocycles. The number of anilines is 1. The molecule has 12 heteroatoms. The van der Waals surface area contributed by atoms with Gasteiger partial charge < -0.3 is 14.2 Å². The number of hydrogen-bond donors (Lipinski definition) is 1. The Kier molecular flexibility index (Phi) is 8.87. The van der Waals surface area contributed by atoms with Gasteiger partial charge in [-0.1, -0.05) is 29.8 Å². The van der Waals surface area contributed by atoms with E-state index in [0.717, 1.165) is 10.5 Å². The first-order chi connectivity index (χ1) is 21.2. The second-order valence-electron chi connectivity index (χ2n) is 9.49. The SMILES string of the molecule is COc1cc(/C=C2\C(=O)NC(=O)N(c3ccc(OCc4ccc(Cl)cc4)cc3)C2=O)ccc1OCc1ccc([N+](=O)[O-])cc1. The van der Waals surface area contributed by atoms with Gasteiger partial charge >= 0.3 is 6.03 Å². The Bertz CT molecular complexity index is 1750. The largest absolute Gasteiger partial charge is 0.493 e. The maximum Gasteiger partial charge on any atom is 0.335 e. The highest BCUT2D eigenvalue weighted by atomic mass is 35.5. The molecular formula is C32H24ClN3O8. The third-order valence-corrected chi connectivity index (χ3v) is 6.81. The molecule has 5 rings (SSSR count). The number of nitro groups is 1. The van der Waals surface area contributed by atoms with Crippen LogP contribution in [0.3, 0.4) is 0 Å². The van der Waals surface area contributed by atoms with E-state index in [-0.39, 0.29) is 23.6 Å². The number of hydrogen-bond acceptors (Lipinski definition) is 8. The fourth-order valence-electron chi connectivity index (χ4n) is 4.27. The molecule has 11 nitrogen and oxygen atoms in total. The number of nitrogens with one attached hydrogen (secondary N) is 1. The van der Waals surface area contributed by atoms with E-state index in [0.29, 0.717) is 40.0 Å². The predicted molar refractivity (Wildman–Crippen MR) is 162 cm³/mol. The van der Waals surface area contributed by atoms with Gasteiger partial charge in [0.15, 0.2) is 11.5 Å². The normalized spacial score (nSPS) is 13.9. The number of rotatable bonds is 10. The Morgan fingerprint density at radius 2 is 1.48 bits per heavy atom. The molecule has 222 valence electrons.